The molecule has 96 valence electrons. The molecule has 1 N–H and O–H groups in total. The Hall–Kier alpha value is -2.00. The number of carbonyl (C=O) groups is 1. The van der Waals surface area contributed by atoms with Crippen LogP contribution in [0, 0.1) is 6.92 Å². The monoisotopic (exact) mass is 270 g/mol. The van der Waals surface area contributed by atoms with Gasteiger partial charge in [0.2, 0.25) is 0 Å². The molecule has 0 amide bonds. The van der Waals surface area contributed by atoms with E-state index in [0.717, 1.165) is 16.5 Å². The molecule has 2 aromatic rings. The zero-order chi connectivity index (χ0) is 13.7. The Labute approximate surface area is 116 Å². The molecule has 0 aliphatic rings. The fraction of sp³-hybridized carbons (Fsp3) is 0.0625. The van der Waals surface area contributed by atoms with Crippen LogP contribution in [-0.4, -0.2) is 11.1 Å². The fourth-order valence-electron chi connectivity index (χ4n) is 1.56. The molecule has 2 rings (SSSR count). The first-order valence-electron chi connectivity index (χ1n) is 5.89. The highest BCUT2D eigenvalue weighted by Crippen LogP contribution is 2.27. The van der Waals surface area contributed by atoms with Crippen molar-refractivity contribution in [1.29, 1.82) is 0 Å². The first-order chi connectivity index (χ1) is 9.13. The van der Waals surface area contributed by atoms with Crippen molar-refractivity contribution >= 4 is 23.8 Å². The molecular weight excluding hydrogens is 256 g/mol. The summed E-state index contributed by atoms with van der Waals surface area (Å²) in [6.07, 6.45) is 2.73. The zero-order valence-corrected chi connectivity index (χ0v) is 11.4. The van der Waals surface area contributed by atoms with Gasteiger partial charge in [-0.2, -0.15) is 0 Å². The molecule has 2 nitrogen and oxygen atoms in total. The van der Waals surface area contributed by atoms with E-state index < -0.39 is 5.97 Å². The highest BCUT2D eigenvalue weighted by molar-refractivity contribution is 7.99. The second-order valence-electron chi connectivity index (χ2n) is 4.16. The fourth-order valence-corrected chi connectivity index (χ4v) is 2.37. The van der Waals surface area contributed by atoms with Crippen LogP contribution in [0.2, 0.25) is 0 Å². The van der Waals surface area contributed by atoms with Crippen LogP contribution in [0.5, 0.6) is 0 Å². The molecule has 0 aliphatic carbocycles. The van der Waals surface area contributed by atoms with Crippen molar-refractivity contribution in [2.45, 2.75) is 16.7 Å². The maximum Gasteiger partial charge on any atom is 0.328 e. The van der Waals surface area contributed by atoms with Crippen LogP contribution < -0.4 is 0 Å². The van der Waals surface area contributed by atoms with Crippen molar-refractivity contribution in [1.82, 2.24) is 0 Å². The van der Waals surface area contributed by atoms with Gasteiger partial charge in [0.25, 0.3) is 0 Å². The molecule has 0 aromatic heterocycles. The number of rotatable bonds is 4. The Morgan fingerprint density at radius 1 is 1.00 bits per heavy atom. The van der Waals surface area contributed by atoms with Crippen LogP contribution in [0.3, 0.4) is 0 Å². The van der Waals surface area contributed by atoms with Crippen LogP contribution >= 0.6 is 11.8 Å². The molecule has 0 bridgehead atoms. The predicted octanol–water partition coefficient (Wildman–Crippen LogP) is 4.24. The maximum atomic E-state index is 10.4. The molecule has 0 saturated heterocycles. The minimum atomic E-state index is -0.932. The molecule has 0 atom stereocenters. The summed E-state index contributed by atoms with van der Waals surface area (Å²) >= 11 is 1.69. The lowest BCUT2D eigenvalue weighted by Gasteiger charge is -2.02. The third-order valence-electron chi connectivity index (χ3n) is 2.56. The normalized spacial score (nSPS) is 10.8. The van der Waals surface area contributed by atoms with Gasteiger partial charge >= 0.3 is 5.97 Å². The van der Waals surface area contributed by atoms with Crippen molar-refractivity contribution in [2.75, 3.05) is 0 Å². The Morgan fingerprint density at radius 2 is 1.53 bits per heavy atom. The SMILES string of the molecule is Cc1ccc(Sc2ccc(C=CC(=O)O)cc2)cc1. The van der Waals surface area contributed by atoms with Crippen LogP contribution in [0.4, 0.5) is 0 Å². The van der Waals surface area contributed by atoms with Crippen molar-refractivity contribution in [3.05, 3.63) is 65.7 Å². The highest BCUT2D eigenvalue weighted by atomic mass is 32.2. The Morgan fingerprint density at radius 3 is 2.05 bits per heavy atom. The summed E-state index contributed by atoms with van der Waals surface area (Å²) in [5, 5.41) is 8.56. The number of hydrogen-bond donors (Lipinski definition) is 1. The van der Waals surface area contributed by atoms with Crippen LogP contribution in [0.1, 0.15) is 11.1 Å². The number of benzene rings is 2. The van der Waals surface area contributed by atoms with E-state index >= 15 is 0 Å². The summed E-state index contributed by atoms with van der Waals surface area (Å²) in [5.41, 5.74) is 2.13. The van der Waals surface area contributed by atoms with Crippen LogP contribution in [-0.2, 0) is 4.79 Å². The van der Waals surface area contributed by atoms with E-state index in [0.29, 0.717) is 0 Å². The third kappa shape index (κ3) is 4.30. The smallest absolute Gasteiger partial charge is 0.328 e. The van der Waals surface area contributed by atoms with E-state index in [1.807, 2.05) is 24.3 Å². The summed E-state index contributed by atoms with van der Waals surface area (Å²) in [5.74, 6) is -0.932. The molecule has 0 heterocycles. The average Bonchev–Trinajstić information content (AvgIpc) is 2.40. The van der Waals surface area contributed by atoms with E-state index in [4.69, 9.17) is 5.11 Å². The van der Waals surface area contributed by atoms with Gasteiger partial charge < -0.3 is 5.11 Å². The van der Waals surface area contributed by atoms with Gasteiger partial charge in [-0.3, -0.25) is 0 Å². The lowest BCUT2D eigenvalue weighted by atomic mass is 10.2. The molecule has 0 radical (unpaired) electrons. The predicted molar refractivity (Wildman–Crippen MR) is 78.4 cm³/mol. The average molecular weight is 270 g/mol. The van der Waals surface area contributed by atoms with Crippen molar-refractivity contribution in [3.8, 4) is 0 Å². The Bertz CT molecular complexity index is 583. The van der Waals surface area contributed by atoms with Gasteiger partial charge in [0.05, 0.1) is 0 Å². The molecule has 0 unspecified atom stereocenters. The lowest BCUT2D eigenvalue weighted by molar-refractivity contribution is -0.131. The van der Waals surface area contributed by atoms with Gasteiger partial charge in [-0.1, -0.05) is 41.6 Å². The molecule has 19 heavy (non-hydrogen) atoms. The number of carboxylic acid groups (broad SMARTS) is 1. The number of carboxylic acids is 1. The summed E-state index contributed by atoms with van der Waals surface area (Å²) in [4.78, 5) is 12.7. The second-order valence-corrected chi connectivity index (χ2v) is 5.30. The molecule has 2 aromatic carbocycles. The first kappa shape index (κ1) is 13.4. The maximum absolute atomic E-state index is 10.4. The van der Waals surface area contributed by atoms with Gasteiger partial charge in [-0.25, -0.2) is 4.79 Å². The molecule has 0 spiro atoms. The number of aryl methyl sites for hydroxylation is 1. The minimum absolute atomic E-state index is 0.885. The Kier molecular flexibility index (Phi) is 4.42. The topological polar surface area (TPSA) is 37.3 Å². The summed E-state index contributed by atoms with van der Waals surface area (Å²) in [6, 6.07) is 16.2. The van der Waals surface area contributed by atoms with Gasteiger partial charge in [-0.15, -0.1) is 0 Å². The van der Waals surface area contributed by atoms with Gasteiger partial charge in [0.15, 0.2) is 0 Å². The molecule has 0 aliphatic heterocycles. The summed E-state index contributed by atoms with van der Waals surface area (Å²) < 4.78 is 0. The highest BCUT2D eigenvalue weighted by Gasteiger charge is 1.97. The van der Waals surface area contributed by atoms with Gasteiger partial charge in [0.1, 0.15) is 0 Å². The van der Waals surface area contributed by atoms with E-state index in [2.05, 4.69) is 31.2 Å². The third-order valence-corrected chi connectivity index (χ3v) is 3.57. The largest absolute Gasteiger partial charge is 0.478 e. The quantitative estimate of drug-likeness (QED) is 0.844. The van der Waals surface area contributed by atoms with E-state index in [9.17, 15) is 4.79 Å². The second kappa shape index (κ2) is 6.25. The standard InChI is InChI=1S/C16H14O2S/c1-12-2-7-14(8-3-12)19-15-9-4-13(5-10-15)6-11-16(17)18/h2-11H,1H3,(H,17,18). The van der Waals surface area contributed by atoms with E-state index in [-0.39, 0.29) is 0 Å². The molecule has 0 fully saturated rings. The Balaban J connectivity index is 2.06. The lowest BCUT2D eigenvalue weighted by Crippen LogP contribution is -1.85. The van der Waals surface area contributed by atoms with Gasteiger partial charge in [0, 0.05) is 15.9 Å². The van der Waals surface area contributed by atoms with Crippen molar-refractivity contribution in [3.63, 3.8) is 0 Å². The molecule has 0 saturated carbocycles. The summed E-state index contributed by atoms with van der Waals surface area (Å²) in [7, 11) is 0. The number of aliphatic carboxylic acids is 1. The number of hydrogen-bond acceptors (Lipinski definition) is 2. The van der Waals surface area contributed by atoms with Crippen molar-refractivity contribution < 1.29 is 9.90 Å². The van der Waals surface area contributed by atoms with E-state index in [1.54, 1.807) is 17.8 Å². The molecule has 3 heteroatoms. The van der Waals surface area contributed by atoms with E-state index in [1.165, 1.54) is 10.5 Å². The molecular formula is C16H14O2S. The van der Waals surface area contributed by atoms with Crippen LogP contribution in [0.15, 0.2) is 64.4 Å². The first-order valence-corrected chi connectivity index (χ1v) is 6.71. The van der Waals surface area contributed by atoms with Crippen LogP contribution in [0.25, 0.3) is 6.08 Å². The van der Waals surface area contributed by atoms with Crippen molar-refractivity contribution in [2.24, 2.45) is 0 Å². The summed E-state index contributed by atoms with van der Waals surface area (Å²) in [6.45, 7) is 2.07. The zero-order valence-electron chi connectivity index (χ0n) is 10.5. The van der Waals surface area contributed by atoms with Gasteiger partial charge in [-0.05, 0) is 42.8 Å². The minimum Gasteiger partial charge on any atom is -0.478 e.